The zero-order valence-electron chi connectivity index (χ0n) is 13.8. The Balaban J connectivity index is 1.50. The van der Waals surface area contributed by atoms with E-state index in [9.17, 15) is 0 Å². The molecule has 4 nitrogen and oxygen atoms in total. The Kier molecular flexibility index (Phi) is 5.28. The number of thiazole rings is 1. The Morgan fingerprint density at radius 1 is 1.35 bits per heavy atom. The van der Waals surface area contributed by atoms with Crippen molar-refractivity contribution in [2.45, 2.75) is 32.6 Å². The summed E-state index contributed by atoms with van der Waals surface area (Å²) >= 11 is 1.76. The highest BCUT2D eigenvalue weighted by molar-refractivity contribution is 7.11. The maximum absolute atomic E-state index is 4.75. The van der Waals surface area contributed by atoms with Crippen molar-refractivity contribution in [2.24, 2.45) is 4.99 Å². The van der Waals surface area contributed by atoms with Crippen molar-refractivity contribution in [3.8, 4) is 0 Å². The molecular weight excluding hydrogens is 304 g/mol. The van der Waals surface area contributed by atoms with Crippen LogP contribution >= 0.6 is 11.3 Å². The Hall–Kier alpha value is -1.88. The Morgan fingerprint density at radius 3 is 2.96 bits per heavy atom. The van der Waals surface area contributed by atoms with Gasteiger partial charge >= 0.3 is 0 Å². The zero-order valence-corrected chi connectivity index (χ0v) is 14.6. The molecule has 0 fully saturated rings. The van der Waals surface area contributed by atoms with Gasteiger partial charge in [0.2, 0.25) is 0 Å². The summed E-state index contributed by atoms with van der Waals surface area (Å²) < 4.78 is 0. The number of rotatable bonds is 6. The van der Waals surface area contributed by atoms with E-state index in [2.05, 4.69) is 53.7 Å². The van der Waals surface area contributed by atoms with Gasteiger partial charge in [0.05, 0.1) is 5.01 Å². The first-order valence-corrected chi connectivity index (χ1v) is 9.09. The number of guanidine groups is 1. The van der Waals surface area contributed by atoms with E-state index in [1.165, 1.54) is 21.0 Å². The van der Waals surface area contributed by atoms with E-state index in [1.54, 1.807) is 11.3 Å². The monoisotopic (exact) mass is 328 g/mol. The van der Waals surface area contributed by atoms with Crippen LogP contribution < -0.4 is 10.6 Å². The highest BCUT2D eigenvalue weighted by Gasteiger charge is 2.24. The van der Waals surface area contributed by atoms with Gasteiger partial charge in [-0.2, -0.15) is 0 Å². The minimum atomic E-state index is 0.572. The third kappa shape index (κ3) is 4.10. The molecule has 1 atom stereocenters. The highest BCUT2D eigenvalue weighted by Crippen LogP contribution is 2.34. The normalized spacial score (nSPS) is 16.6. The van der Waals surface area contributed by atoms with Gasteiger partial charge in [-0.1, -0.05) is 24.3 Å². The fourth-order valence-electron chi connectivity index (χ4n) is 2.87. The van der Waals surface area contributed by atoms with Crippen molar-refractivity contribution in [2.75, 3.05) is 19.6 Å². The Morgan fingerprint density at radius 2 is 2.22 bits per heavy atom. The second kappa shape index (κ2) is 7.59. The molecule has 5 heteroatoms. The van der Waals surface area contributed by atoms with Crippen LogP contribution in [0.25, 0.3) is 0 Å². The lowest BCUT2D eigenvalue weighted by Crippen LogP contribution is -2.39. The molecule has 1 heterocycles. The quantitative estimate of drug-likeness (QED) is 0.633. The number of aliphatic imine (C=N–C) groups is 1. The molecule has 1 unspecified atom stereocenters. The molecule has 0 spiro atoms. The van der Waals surface area contributed by atoms with Gasteiger partial charge in [0.25, 0.3) is 0 Å². The number of nitrogens with zero attached hydrogens (tertiary/aromatic N) is 2. The molecule has 0 radical (unpaired) electrons. The van der Waals surface area contributed by atoms with Gasteiger partial charge in [0.15, 0.2) is 5.96 Å². The smallest absolute Gasteiger partial charge is 0.191 e. The standard InChI is InChI=1S/C18H24N4S/c1-3-19-18(20-9-8-17-21-11-13(2)23-17)22-12-15-10-14-6-4-5-7-16(14)15/h4-7,11,15H,3,8-10,12H2,1-2H3,(H2,19,20,22). The van der Waals surface area contributed by atoms with E-state index >= 15 is 0 Å². The number of fused-ring (bicyclic) bond motifs is 1. The molecule has 3 rings (SSSR count). The number of hydrogen-bond donors (Lipinski definition) is 2. The summed E-state index contributed by atoms with van der Waals surface area (Å²) in [7, 11) is 0. The number of hydrogen-bond acceptors (Lipinski definition) is 3. The number of nitrogens with one attached hydrogen (secondary N) is 2. The number of aryl methyl sites for hydroxylation is 1. The molecule has 1 aliphatic rings. The van der Waals surface area contributed by atoms with Gasteiger partial charge < -0.3 is 10.6 Å². The minimum Gasteiger partial charge on any atom is -0.357 e. The maximum atomic E-state index is 4.75. The van der Waals surface area contributed by atoms with Crippen molar-refractivity contribution >= 4 is 17.3 Å². The van der Waals surface area contributed by atoms with Crippen LogP contribution in [0.5, 0.6) is 0 Å². The summed E-state index contributed by atoms with van der Waals surface area (Å²) in [6, 6.07) is 8.68. The summed E-state index contributed by atoms with van der Waals surface area (Å²) in [6.45, 7) is 6.78. The summed E-state index contributed by atoms with van der Waals surface area (Å²) in [5, 5.41) is 7.91. The number of benzene rings is 1. The van der Waals surface area contributed by atoms with Crippen molar-refractivity contribution in [3.63, 3.8) is 0 Å². The van der Waals surface area contributed by atoms with Crippen molar-refractivity contribution in [1.82, 2.24) is 15.6 Å². The van der Waals surface area contributed by atoms with Crippen LogP contribution in [-0.4, -0.2) is 30.6 Å². The molecule has 1 aliphatic carbocycles. The fraction of sp³-hybridized carbons (Fsp3) is 0.444. The van der Waals surface area contributed by atoms with Crippen LogP contribution in [0.4, 0.5) is 0 Å². The number of aromatic nitrogens is 1. The molecule has 2 aromatic rings. The molecule has 0 saturated heterocycles. The average molecular weight is 328 g/mol. The van der Waals surface area contributed by atoms with Crippen molar-refractivity contribution < 1.29 is 0 Å². The summed E-state index contributed by atoms with van der Waals surface area (Å²) in [5.41, 5.74) is 2.94. The van der Waals surface area contributed by atoms with Gasteiger partial charge in [-0.15, -0.1) is 11.3 Å². The average Bonchev–Trinajstić information content (AvgIpc) is 2.93. The molecule has 1 aromatic carbocycles. The van der Waals surface area contributed by atoms with Gasteiger partial charge in [-0.25, -0.2) is 4.98 Å². The predicted molar refractivity (Wildman–Crippen MR) is 97.4 cm³/mol. The first-order chi connectivity index (χ1) is 11.3. The molecule has 23 heavy (non-hydrogen) atoms. The molecule has 0 bridgehead atoms. The third-order valence-corrected chi connectivity index (χ3v) is 5.05. The molecule has 122 valence electrons. The van der Waals surface area contributed by atoms with Gasteiger partial charge in [-0.3, -0.25) is 4.99 Å². The SMILES string of the molecule is CCNC(=NCC1Cc2ccccc21)NCCc1ncc(C)s1. The second-order valence-corrected chi connectivity index (χ2v) is 7.18. The molecular formula is C18H24N4S. The van der Waals surface area contributed by atoms with E-state index in [-0.39, 0.29) is 0 Å². The summed E-state index contributed by atoms with van der Waals surface area (Å²) in [4.78, 5) is 10.4. The molecule has 0 amide bonds. The minimum absolute atomic E-state index is 0.572. The Bertz CT molecular complexity index is 677. The summed E-state index contributed by atoms with van der Waals surface area (Å²) in [5.74, 6) is 1.48. The largest absolute Gasteiger partial charge is 0.357 e. The highest BCUT2D eigenvalue weighted by atomic mass is 32.1. The molecule has 0 saturated carbocycles. The lowest BCUT2D eigenvalue weighted by molar-refractivity contribution is 0.614. The second-order valence-electron chi connectivity index (χ2n) is 5.86. The van der Waals surface area contributed by atoms with Crippen LogP contribution in [0, 0.1) is 6.92 Å². The van der Waals surface area contributed by atoms with Crippen LogP contribution in [0.1, 0.15) is 33.9 Å². The first kappa shape index (κ1) is 16.0. The van der Waals surface area contributed by atoms with Crippen LogP contribution in [0.2, 0.25) is 0 Å². The zero-order chi connectivity index (χ0) is 16.1. The van der Waals surface area contributed by atoms with Crippen LogP contribution in [0.3, 0.4) is 0 Å². The topological polar surface area (TPSA) is 49.3 Å². The predicted octanol–water partition coefficient (Wildman–Crippen LogP) is 2.89. The molecule has 0 aliphatic heterocycles. The molecule has 1 aromatic heterocycles. The summed E-state index contributed by atoms with van der Waals surface area (Å²) in [6.07, 6.45) is 4.03. The third-order valence-electron chi connectivity index (χ3n) is 4.08. The molecule has 2 N–H and O–H groups in total. The maximum Gasteiger partial charge on any atom is 0.191 e. The lowest BCUT2D eigenvalue weighted by atomic mass is 9.78. The van der Waals surface area contributed by atoms with E-state index in [0.29, 0.717) is 5.92 Å². The fourth-order valence-corrected chi connectivity index (χ4v) is 3.66. The van der Waals surface area contributed by atoms with E-state index in [1.807, 2.05) is 6.20 Å². The van der Waals surface area contributed by atoms with E-state index in [4.69, 9.17) is 4.99 Å². The van der Waals surface area contributed by atoms with Crippen molar-refractivity contribution in [1.29, 1.82) is 0 Å². The van der Waals surface area contributed by atoms with Crippen LogP contribution in [-0.2, 0) is 12.8 Å². The first-order valence-electron chi connectivity index (χ1n) is 8.27. The lowest BCUT2D eigenvalue weighted by Gasteiger charge is -2.28. The van der Waals surface area contributed by atoms with Crippen LogP contribution in [0.15, 0.2) is 35.5 Å². The van der Waals surface area contributed by atoms with Crippen molar-refractivity contribution in [3.05, 3.63) is 51.5 Å². The van der Waals surface area contributed by atoms with E-state index in [0.717, 1.165) is 38.4 Å². The Labute approximate surface area is 142 Å². The van der Waals surface area contributed by atoms with Gasteiger partial charge in [-0.05, 0) is 31.4 Å². The van der Waals surface area contributed by atoms with E-state index < -0.39 is 0 Å². The van der Waals surface area contributed by atoms with Gasteiger partial charge in [0, 0.05) is 43.0 Å². The van der Waals surface area contributed by atoms with Gasteiger partial charge in [0.1, 0.15) is 0 Å².